The second kappa shape index (κ2) is 10.7. The number of amides is 2. The molecule has 1 atom stereocenters. The van der Waals surface area contributed by atoms with Crippen molar-refractivity contribution in [3.63, 3.8) is 0 Å². The maximum Gasteiger partial charge on any atom is 0.272 e. The smallest absolute Gasteiger partial charge is 0.272 e. The minimum atomic E-state index is -0.307. The van der Waals surface area contributed by atoms with Gasteiger partial charge in [-0.3, -0.25) is 14.0 Å². The van der Waals surface area contributed by atoms with Gasteiger partial charge in [0.25, 0.3) is 11.8 Å². The van der Waals surface area contributed by atoms with Gasteiger partial charge in [0.15, 0.2) is 0 Å². The molecule has 0 saturated heterocycles. The van der Waals surface area contributed by atoms with Gasteiger partial charge in [-0.15, -0.1) is 0 Å². The Bertz CT molecular complexity index is 1370. The first-order valence-electron chi connectivity index (χ1n) is 12.0. The van der Waals surface area contributed by atoms with Crippen LogP contribution in [0, 0.1) is 12.8 Å². The van der Waals surface area contributed by atoms with Crippen LogP contribution >= 0.6 is 0 Å². The summed E-state index contributed by atoms with van der Waals surface area (Å²) in [7, 11) is 1.68. The lowest BCUT2D eigenvalue weighted by molar-refractivity contribution is 0.0623. The number of hydrogen-bond donors (Lipinski definition) is 3. The van der Waals surface area contributed by atoms with Crippen molar-refractivity contribution in [1.29, 1.82) is 0 Å². The average molecular weight is 489 g/mol. The number of aliphatic hydroxyl groups is 1. The lowest BCUT2D eigenvalue weighted by atomic mass is 10.0. The molecule has 0 aliphatic heterocycles. The van der Waals surface area contributed by atoms with Crippen molar-refractivity contribution in [3.05, 3.63) is 77.5 Å². The number of fused-ring (bicyclic) bond motifs is 1. The molecule has 0 bridgehead atoms. The molecule has 3 heterocycles. The van der Waals surface area contributed by atoms with Gasteiger partial charge in [0.05, 0.1) is 42.8 Å². The largest absolute Gasteiger partial charge is 0.394 e. The summed E-state index contributed by atoms with van der Waals surface area (Å²) >= 11 is 0. The van der Waals surface area contributed by atoms with Crippen LogP contribution < -0.4 is 5.32 Å². The average Bonchev–Trinajstić information content (AvgIpc) is 3.52. The molecule has 0 saturated carbocycles. The van der Waals surface area contributed by atoms with Crippen LogP contribution in [-0.2, 0) is 6.54 Å². The third kappa shape index (κ3) is 5.31. The quantitative estimate of drug-likeness (QED) is 0.334. The van der Waals surface area contributed by atoms with Gasteiger partial charge in [0.2, 0.25) is 0 Å². The molecule has 3 aromatic heterocycles. The Morgan fingerprint density at radius 2 is 1.97 bits per heavy atom. The summed E-state index contributed by atoms with van der Waals surface area (Å²) in [5, 5.41) is 12.7. The summed E-state index contributed by atoms with van der Waals surface area (Å²) in [4.78, 5) is 39.8. The number of likely N-dealkylation sites (N-methyl/N-ethyl adjacent to an activating group) is 1. The standard InChI is InChI=1S/C27H32N6O3/c1-17(2)11-21(16-34)32(4)27(36)23-15-29-25-22(9-6-10-33(23)25)26(35)30-14-20-13-28-24(31-20)19-8-5-7-18(3)12-19/h5-10,12-13,15,17,21,34H,11,14,16H2,1-4H3,(H,28,31)(H,30,35). The molecule has 36 heavy (non-hydrogen) atoms. The predicted molar refractivity (Wildman–Crippen MR) is 138 cm³/mol. The van der Waals surface area contributed by atoms with Gasteiger partial charge in [0, 0.05) is 18.8 Å². The van der Waals surface area contributed by atoms with E-state index in [2.05, 4.69) is 20.3 Å². The first kappa shape index (κ1) is 25.1. The molecular weight excluding hydrogens is 456 g/mol. The zero-order valence-corrected chi connectivity index (χ0v) is 21.0. The van der Waals surface area contributed by atoms with E-state index in [9.17, 15) is 14.7 Å². The second-order valence-corrected chi connectivity index (χ2v) is 9.45. The lowest BCUT2D eigenvalue weighted by Gasteiger charge is -2.27. The van der Waals surface area contributed by atoms with E-state index in [-0.39, 0.29) is 31.0 Å². The summed E-state index contributed by atoms with van der Waals surface area (Å²) in [5.41, 5.74) is 3.98. The highest BCUT2D eigenvalue weighted by molar-refractivity contribution is 6.01. The molecule has 9 heteroatoms. The van der Waals surface area contributed by atoms with Gasteiger partial charge in [-0.1, -0.05) is 37.6 Å². The van der Waals surface area contributed by atoms with Crippen LogP contribution in [0.3, 0.4) is 0 Å². The van der Waals surface area contributed by atoms with Crippen molar-refractivity contribution in [3.8, 4) is 11.4 Å². The topological polar surface area (TPSA) is 116 Å². The summed E-state index contributed by atoms with van der Waals surface area (Å²) < 4.78 is 1.61. The fraction of sp³-hybridized carbons (Fsp3) is 0.333. The van der Waals surface area contributed by atoms with Crippen molar-refractivity contribution in [1.82, 2.24) is 29.6 Å². The Kier molecular flexibility index (Phi) is 7.49. The highest BCUT2D eigenvalue weighted by Gasteiger charge is 2.25. The van der Waals surface area contributed by atoms with E-state index in [1.54, 1.807) is 40.9 Å². The van der Waals surface area contributed by atoms with E-state index < -0.39 is 0 Å². The van der Waals surface area contributed by atoms with Crippen LogP contribution in [0.2, 0.25) is 0 Å². The maximum absolute atomic E-state index is 13.2. The first-order valence-corrected chi connectivity index (χ1v) is 12.0. The first-order chi connectivity index (χ1) is 17.3. The number of aromatic nitrogens is 4. The number of nitrogens with zero attached hydrogens (tertiary/aromatic N) is 4. The molecule has 0 aliphatic rings. The van der Waals surface area contributed by atoms with E-state index in [1.165, 1.54) is 6.20 Å². The number of hydrogen-bond acceptors (Lipinski definition) is 5. The van der Waals surface area contributed by atoms with Crippen molar-refractivity contribution in [2.75, 3.05) is 13.7 Å². The second-order valence-electron chi connectivity index (χ2n) is 9.45. The number of pyridine rings is 1. The zero-order valence-electron chi connectivity index (χ0n) is 21.0. The van der Waals surface area contributed by atoms with E-state index in [1.807, 2.05) is 45.0 Å². The van der Waals surface area contributed by atoms with Crippen LogP contribution in [-0.4, -0.2) is 60.9 Å². The molecular formula is C27H32N6O3. The molecule has 1 unspecified atom stereocenters. The minimum Gasteiger partial charge on any atom is -0.394 e. The third-order valence-corrected chi connectivity index (χ3v) is 6.18. The minimum absolute atomic E-state index is 0.121. The van der Waals surface area contributed by atoms with E-state index >= 15 is 0 Å². The highest BCUT2D eigenvalue weighted by Crippen LogP contribution is 2.19. The summed E-state index contributed by atoms with van der Waals surface area (Å²) in [5.74, 6) is 0.501. The van der Waals surface area contributed by atoms with Gasteiger partial charge in [0.1, 0.15) is 17.2 Å². The zero-order chi connectivity index (χ0) is 25.8. The van der Waals surface area contributed by atoms with Crippen LogP contribution in [0.5, 0.6) is 0 Å². The Balaban J connectivity index is 1.49. The van der Waals surface area contributed by atoms with Gasteiger partial charge in [-0.25, -0.2) is 9.97 Å². The highest BCUT2D eigenvalue weighted by atomic mass is 16.3. The number of carbonyl (C=O) groups is 2. The van der Waals surface area contributed by atoms with Gasteiger partial charge in [-0.2, -0.15) is 0 Å². The molecule has 1 aromatic carbocycles. The molecule has 4 rings (SSSR count). The van der Waals surface area contributed by atoms with Crippen LogP contribution in [0.4, 0.5) is 0 Å². The molecule has 3 N–H and O–H groups in total. The monoisotopic (exact) mass is 488 g/mol. The maximum atomic E-state index is 13.2. The van der Waals surface area contributed by atoms with Crippen LogP contribution in [0.1, 0.15) is 52.4 Å². The number of aryl methyl sites for hydroxylation is 1. The number of benzene rings is 1. The molecule has 0 fully saturated rings. The Morgan fingerprint density at radius 1 is 1.17 bits per heavy atom. The molecule has 0 radical (unpaired) electrons. The molecule has 4 aromatic rings. The van der Waals surface area contributed by atoms with Crippen molar-refractivity contribution in [2.45, 2.75) is 39.8 Å². The number of rotatable bonds is 9. The molecule has 0 spiro atoms. The Labute approximate surface area is 210 Å². The number of aromatic amines is 1. The number of carbonyl (C=O) groups excluding carboxylic acids is 2. The van der Waals surface area contributed by atoms with Crippen LogP contribution in [0.15, 0.2) is 55.0 Å². The number of aliphatic hydroxyl groups excluding tert-OH is 1. The van der Waals surface area contributed by atoms with E-state index in [0.717, 1.165) is 22.6 Å². The third-order valence-electron chi connectivity index (χ3n) is 6.18. The van der Waals surface area contributed by atoms with Crippen molar-refractivity contribution < 1.29 is 14.7 Å². The molecule has 9 nitrogen and oxygen atoms in total. The summed E-state index contributed by atoms with van der Waals surface area (Å²) in [6.07, 6.45) is 5.56. The fourth-order valence-electron chi connectivity index (χ4n) is 4.25. The fourth-order valence-corrected chi connectivity index (χ4v) is 4.25. The van der Waals surface area contributed by atoms with Gasteiger partial charge < -0.3 is 20.3 Å². The summed E-state index contributed by atoms with van der Waals surface area (Å²) in [6.45, 7) is 6.27. The Hall–Kier alpha value is -3.98. The van der Waals surface area contributed by atoms with Crippen molar-refractivity contribution >= 4 is 17.5 Å². The number of H-pyrrole nitrogens is 1. The molecule has 2 amide bonds. The SMILES string of the molecule is Cc1cccc(-c2ncc(CNC(=O)c3cccn4c(C(=O)N(C)C(CO)CC(C)C)cnc34)[nH]2)c1. The molecule has 188 valence electrons. The van der Waals surface area contributed by atoms with Crippen molar-refractivity contribution in [2.24, 2.45) is 5.92 Å². The van der Waals surface area contributed by atoms with E-state index in [4.69, 9.17) is 0 Å². The number of imidazole rings is 2. The number of nitrogens with one attached hydrogen (secondary N) is 2. The summed E-state index contributed by atoms with van der Waals surface area (Å²) in [6, 6.07) is 11.1. The van der Waals surface area contributed by atoms with Crippen LogP contribution in [0.25, 0.3) is 17.0 Å². The van der Waals surface area contributed by atoms with Gasteiger partial charge >= 0.3 is 0 Å². The predicted octanol–water partition coefficient (Wildman–Crippen LogP) is 3.44. The normalized spacial score (nSPS) is 12.2. The Morgan fingerprint density at radius 3 is 2.69 bits per heavy atom. The lowest BCUT2D eigenvalue weighted by Crippen LogP contribution is -2.40. The molecule has 0 aliphatic carbocycles. The van der Waals surface area contributed by atoms with Gasteiger partial charge in [-0.05, 0) is 37.5 Å². The van der Waals surface area contributed by atoms with E-state index in [0.29, 0.717) is 29.2 Å².